The van der Waals surface area contributed by atoms with Crippen molar-refractivity contribution < 1.29 is 0 Å². The van der Waals surface area contributed by atoms with Crippen molar-refractivity contribution in [3.63, 3.8) is 0 Å². The van der Waals surface area contributed by atoms with Crippen LogP contribution in [0.4, 0.5) is 0 Å². The Balaban J connectivity index is 2.44. The molecule has 0 radical (unpaired) electrons. The highest BCUT2D eigenvalue weighted by molar-refractivity contribution is 5.18. The molecule has 1 aromatic rings. The van der Waals surface area contributed by atoms with Gasteiger partial charge >= 0.3 is 0 Å². The minimum atomic E-state index is 0.506. The van der Waals surface area contributed by atoms with Gasteiger partial charge in [0.15, 0.2) is 0 Å². The normalized spacial score (nSPS) is 12.9. The Bertz CT molecular complexity index is 284. The summed E-state index contributed by atoms with van der Waals surface area (Å²) in [7, 11) is 2.17. The van der Waals surface area contributed by atoms with E-state index in [9.17, 15) is 0 Å². The fraction of sp³-hybridized carbons (Fsp3) is 0.600. The summed E-state index contributed by atoms with van der Waals surface area (Å²) in [5.74, 6) is 0. The minimum Gasteiger partial charge on any atom is -0.309 e. The highest BCUT2D eigenvalue weighted by Crippen LogP contribution is 2.17. The van der Waals surface area contributed by atoms with E-state index in [1.165, 1.54) is 18.4 Å². The van der Waals surface area contributed by atoms with Crippen LogP contribution in [-0.4, -0.2) is 31.6 Å². The summed E-state index contributed by atoms with van der Waals surface area (Å²) in [6.07, 6.45) is 2.43. The third kappa shape index (κ3) is 5.33. The topological polar surface area (TPSA) is 15.3 Å². The predicted molar refractivity (Wildman–Crippen MR) is 75.3 cm³/mol. The second kappa shape index (κ2) is 8.26. The first-order valence-electron chi connectivity index (χ1n) is 6.74. The van der Waals surface area contributed by atoms with Gasteiger partial charge in [-0.15, -0.1) is 0 Å². The van der Waals surface area contributed by atoms with Crippen LogP contribution in [0.2, 0.25) is 0 Å². The Morgan fingerprint density at radius 2 is 1.88 bits per heavy atom. The zero-order chi connectivity index (χ0) is 12.5. The van der Waals surface area contributed by atoms with E-state index in [0.29, 0.717) is 6.04 Å². The summed E-state index contributed by atoms with van der Waals surface area (Å²) in [6, 6.07) is 11.3. The van der Waals surface area contributed by atoms with Crippen LogP contribution in [0.3, 0.4) is 0 Å². The molecule has 0 saturated heterocycles. The molecule has 0 heterocycles. The molecule has 1 aromatic carbocycles. The maximum atomic E-state index is 3.66. The zero-order valence-corrected chi connectivity index (χ0v) is 11.4. The Morgan fingerprint density at radius 1 is 1.18 bits per heavy atom. The molecule has 0 spiro atoms. The van der Waals surface area contributed by atoms with Crippen molar-refractivity contribution in [2.24, 2.45) is 0 Å². The monoisotopic (exact) mass is 234 g/mol. The third-order valence-corrected chi connectivity index (χ3v) is 3.20. The summed E-state index contributed by atoms with van der Waals surface area (Å²) >= 11 is 0. The Labute approximate surface area is 106 Å². The molecule has 0 aliphatic carbocycles. The molecule has 0 aliphatic heterocycles. The maximum Gasteiger partial charge on any atom is 0.0320 e. The Hall–Kier alpha value is -0.860. The van der Waals surface area contributed by atoms with Gasteiger partial charge in [0.2, 0.25) is 0 Å². The Kier molecular flexibility index (Phi) is 6.90. The number of hydrogen-bond acceptors (Lipinski definition) is 2. The van der Waals surface area contributed by atoms with Crippen molar-refractivity contribution in [1.29, 1.82) is 0 Å². The first kappa shape index (κ1) is 14.2. The van der Waals surface area contributed by atoms with Gasteiger partial charge in [0.25, 0.3) is 0 Å². The molecule has 96 valence electrons. The van der Waals surface area contributed by atoms with Crippen molar-refractivity contribution in [2.75, 3.05) is 26.7 Å². The summed E-state index contributed by atoms with van der Waals surface area (Å²) in [5, 5.41) is 3.66. The molecule has 0 fully saturated rings. The number of nitrogens with one attached hydrogen (secondary N) is 1. The number of nitrogens with zero attached hydrogens (tertiary/aromatic N) is 1. The summed E-state index contributed by atoms with van der Waals surface area (Å²) in [6.45, 7) is 7.73. The summed E-state index contributed by atoms with van der Waals surface area (Å²) < 4.78 is 0. The van der Waals surface area contributed by atoms with Gasteiger partial charge in [-0.2, -0.15) is 0 Å². The summed E-state index contributed by atoms with van der Waals surface area (Å²) in [4.78, 5) is 2.33. The van der Waals surface area contributed by atoms with Gasteiger partial charge in [0.05, 0.1) is 0 Å². The molecule has 1 unspecified atom stereocenters. The molecule has 1 N–H and O–H groups in total. The van der Waals surface area contributed by atoms with E-state index in [1.807, 2.05) is 0 Å². The van der Waals surface area contributed by atoms with Gasteiger partial charge in [-0.3, -0.25) is 0 Å². The zero-order valence-electron chi connectivity index (χ0n) is 11.4. The minimum absolute atomic E-state index is 0.506. The summed E-state index contributed by atoms with van der Waals surface area (Å²) in [5.41, 5.74) is 1.41. The second-order valence-corrected chi connectivity index (χ2v) is 4.60. The lowest BCUT2D eigenvalue weighted by Gasteiger charge is -2.21. The van der Waals surface area contributed by atoms with E-state index < -0.39 is 0 Å². The molecule has 1 atom stereocenters. The van der Waals surface area contributed by atoms with Crippen LogP contribution in [0.1, 0.15) is 38.3 Å². The van der Waals surface area contributed by atoms with Crippen LogP contribution in [-0.2, 0) is 0 Å². The van der Waals surface area contributed by atoms with Crippen molar-refractivity contribution in [1.82, 2.24) is 10.2 Å². The molecule has 0 saturated carbocycles. The van der Waals surface area contributed by atoms with Crippen molar-refractivity contribution in [2.45, 2.75) is 32.7 Å². The van der Waals surface area contributed by atoms with Gasteiger partial charge < -0.3 is 10.2 Å². The third-order valence-electron chi connectivity index (χ3n) is 3.20. The van der Waals surface area contributed by atoms with Crippen LogP contribution < -0.4 is 5.32 Å². The van der Waals surface area contributed by atoms with Crippen LogP contribution in [0.5, 0.6) is 0 Å². The van der Waals surface area contributed by atoms with E-state index in [0.717, 1.165) is 19.6 Å². The molecule has 1 rings (SSSR count). The van der Waals surface area contributed by atoms with Crippen LogP contribution in [0.15, 0.2) is 30.3 Å². The second-order valence-electron chi connectivity index (χ2n) is 4.60. The smallest absolute Gasteiger partial charge is 0.0320 e. The quantitative estimate of drug-likeness (QED) is 0.743. The van der Waals surface area contributed by atoms with Crippen LogP contribution >= 0.6 is 0 Å². The first-order valence-corrected chi connectivity index (χ1v) is 6.74. The van der Waals surface area contributed by atoms with E-state index >= 15 is 0 Å². The van der Waals surface area contributed by atoms with E-state index in [4.69, 9.17) is 0 Å². The number of benzene rings is 1. The van der Waals surface area contributed by atoms with E-state index in [2.05, 4.69) is 61.4 Å². The van der Waals surface area contributed by atoms with Crippen molar-refractivity contribution in [3.05, 3.63) is 35.9 Å². The van der Waals surface area contributed by atoms with Crippen LogP contribution in [0.25, 0.3) is 0 Å². The molecule has 2 heteroatoms. The molecular weight excluding hydrogens is 208 g/mol. The SMILES string of the molecule is CCCC(NCCN(C)CC)c1ccccc1. The van der Waals surface area contributed by atoms with Gasteiger partial charge in [-0.25, -0.2) is 0 Å². The highest BCUT2D eigenvalue weighted by Gasteiger charge is 2.08. The van der Waals surface area contributed by atoms with Crippen LogP contribution in [0, 0.1) is 0 Å². The average molecular weight is 234 g/mol. The largest absolute Gasteiger partial charge is 0.309 e. The van der Waals surface area contributed by atoms with E-state index in [-0.39, 0.29) is 0 Å². The number of likely N-dealkylation sites (N-methyl/N-ethyl adjacent to an activating group) is 1. The Morgan fingerprint density at radius 3 is 2.47 bits per heavy atom. The molecule has 0 aliphatic rings. The molecule has 2 nitrogen and oxygen atoms in total. The predicted octanol–water partition coefficient (Wildman–Crippen LogP) is 3.07. The van der Waals surface area contributed by atoms with Gasteiger partial charge in [-0.1, -0.05) is 50.6 Å². The molecule has 0 bridgehead atoms. The van der Waals surface area contributed by atoms with Crippen molar-refractivity contribution in [3.8, 4) is 0 Å². The van der Waals surface area contributed by atoms with E-state index in [1.54, 1.807) is 0 Å². The standard InChI is InChI=1S/C15H26N2/c1-4-9-15(14-10-7-6-8-11-14)16-12-13-17(3)5-2/h6-8,10-11,15-16H,4-5,9,12-13H2,1-3H3. The molecular formula is C15H26N2. The average Bonchev–Trinajstić information content (AvgIpc) is 2.38. The lowest BCUT2D eigenvalue weighted by Crippen LogP contribution is -2.31. The van der Waals surface area contributed by atoms with Gasteiger partial charge in [-0.05, 0) is 25.6 Å². The van der Waals surface area contributed by atoms with Gasteiger partial charge in [0.1, 0.15) is 0 Å². The lowest BCUT2D eigenvalue weighted by atomic mass is 10.0. The highest BCUT2D eigenvalue weighted by atomic mass is 15.1. The molecule has 0 aromatic heterocycles. The lowest BCUT2D eigenvalue weighted by molar-refractivity contribution is 0.336. The maximum absolute atomic E-state index is 3.66. The number of hydrogen-bond donors (Lipinski definition) is 1. The number of rotatable bonds is 8. The first-order chi connectivity index (χ1) is 8.27. The molecule has 17 heavy (non-hydrogen) atoms. The fourth-order valence-electron chi connectivity index (χ4n) is 1.95. The fourth-order valence-corrected chi connectivity index (χ4v) is 1.95. The van der Waals surface area contributed by atoms with Crippen molar-refractivity contribution >= 4 is 0 Å². The molecule has 0 amide bonds. The van der Waals surface area contributed by atoms with Gasteiger partial charge in [0, 0.05) is 19.1 Å².